The highest BCUT2D eigenvalue weighted by atomic mass is 16.5. The van der Waals surface area contributed by atoms with Gasteiger partial charge in [-0.1, -0.05) is 31.2 Å². The molecule has 1 saturated heterocycles. The van der Waals surface area contributed by atoms with E-state index in [1.54, 1.807) is 0 Å². The van der Waals surface area contributed by atoms with E-state index >= 15 is 0 Å². The standard InChI is InChI=1S/C22H29N3O2/c1-2-19-9-10-20(23-17-19)18-24-12-6-13-25(15-14-24)22(26)11-16-27-21-7-4-3-5-8-21/h3-5,7-10,17H,2,6,11-16,18H2,1H3. The normalized spacial score (nSPS) is 15.4. The smallest absolute Gasteiger partial charge is 0.226 e. The van der Waals surface area contributed by atoms with Gasteiger partial charge in [0, 0.05) is 38.9 Å². The fourth-order valence-corrected chi connectivity index (χ4v) is 3.30. The van der Waals surface area contributed by atoms with E-state index in [1.165, 1.54) is 5.56 Å². The minimum Gasteiger partial charge on any atom is -0.493 e. The number of amides is 1. The molecule has 0 atom stereocenters. The topological polar surface area (TPSA) is 45.7 Å². The molecule has 0 bridgehead atoms. The van der Waals surface area contributed by atoms with Gasteiger partial charge >= 0.3 is 0 Å². The summed E-state index contributed by atoms with van der Waals surface area (Å²) in [7, 11) is 0. The number of aromatic nitrogens is 1. The van der Waals surface area contributed by atoms with Crippen LogP contribution in [-0.2, 0) is 17.8 Å². The second kappa shape index (κ2) is 10.1. The lowest BCUT2D eigenvalue weighted by Gasteiger charge is -2.22. The summed E-state index contributed by atoms with van der Waals surface area (Å²) in [6.07, 6.45) is 4.41. The summed E-state index contributed by atoms with van der Waals surface area (Å²) in [5.41, 5.74) is 2.37. The highest BCUT2D eigenvalue weighted by molar-refractivity contribution is 5.76. The molecule has 2 heterocycles. The van der Waals surface area contributed by atoms with E-state index in [-0.39, 0.29) is 5.91 Å². The Morgan fingerprint density at radius 1 is 1.07 bits per heavy atom. The quantitative estimate of drug-likeness (QED) is 0.754. The van der Waals surface area contributed by atoms with Crippen LogP contribution in [0.15, 0.2) is 48.7 Å². The van der Waals surface area contributed by atoms with Gasteiger partial charge in [0.25, 0.3) is 0 Å². The minimum absolute atomic E-state index is 0.179. The molecule has 1 aromatic heterocycles. The molecule has 27 heavy (non-hydrogen) atoms. The van der Waals surface area contributed by atoms with E-state index < -0.39 is 0 Å². The Morgan fingerprint density at radius 3 is 2.67 bits per heavy atom. The van der Waals surface area contributed by atoms with Crippen LogP contribution in [0.3, 0.4) is 0 Å². The van der Waals surface area contributed by atoms with Crippen LogP contribution in [0.4, 0.5) is 0 Å². The Morgan fingerprint density at radius 2 is 1.93 bits per heavy atom. The van der Waals surface area contributed by atoms with Crippen molar-refractivity contribution in [3.05, 3.63) is 59.9 Å². The van der Waals surface area contributed by atoms with E-state index in [1.807, 2.05) is 41.4 Å². The lowest BCUT2D eigenvalue weighted by atomic mass is 10.2. The molecular formula is C22H29N3O2. The highest BCUT2D eigenvalue weighted by Crippen LogP contribution is 2.11. The lowest BCUT2D eigenvalue weighted by molar-refractivity contribution is -0.131. The number of rotatable bonds is 7. The third kappa shape index (κ3) is 6.07. The molecule has 0 N–H and O–H groups in total. The van der Waals surface area contributed by atoms with Gasteiger partial charge in [0.15, 0.2) is 0 Å². The maximum atomic E-state index is 12.5. The third-order valence-corrected chi connectivity index (χ3v) is 4.95. The number of carbonyl (C=O) groups is 1. The van der Waals surface area contributed by atoms with Crippen molar-refractivity contribution in [2.24, 2.45) is 0 Å². The summed E-state index contributed by atoms with van der Waals surface area (Å²) in [6, 6.07) is 13.9. The molecule has 5 nitrogen and oxygen atoms in total. The van der Waals surface area contributed by atoms with Crippen molar-refractivity contribution in [1.82, 2.24) is 14.8 Å². The Balaban J connectivity index is 1.42. The Hall–Kier alpha value is -2.40. The molecule has 1 amide bonds. The molecule has 5 heteroatoms. The van der Waals surface area contributed by atoms with E-state index in [9.17, 15) is 4.79 Å². The zero-order valence-electron chi connectivity index (χ0n) is 16.1. The number of carbonyl (C=O) groups excluding carboxylic acids is 1. The van der Waals surface area contributed by atoms with Crippen LogP contribution in [0, 0.1) is 0 Å². The average molecular weight is 367 g/mol. The van der Waals surface area contributed by atoms with E-state index in [2.05, 4.69) is 28.9 Å². The van der Waals surface area contributed by atoms with Crippen LogP contribution < -0.4 is 4.74 Å². The molecule has 144 valence electrons. The molecular weight excluding hydrogens is 338 g/mol. The molecule has 1 aromatic carbocycles. The van der Waals surface area contributed by atoms with Gasteiger partial charge in [-0.25, -0.2) is 0 Å². The Labute approximate surface area is 162 Å². The number of para-hydroxylation sites is 1. The molecule has 1 aliphatic heterocycles. The van der Waals surface area contributed by atoms with Gasteiger partial charge in [-0.05, 0) is 36.6 Å². The number of ether oxygens (including phenoxy) is 1. The number of hydrogen-bond acceptors (Lipinski definition) is 4. The molecule has 0 saturated carbocycles. The fraction of sp³-hybridized carbons (Fsp3) is 0.455. The van der Waals surface area contributed by atoms with Gasteiger partial charge in [0.05, 0.1) is 18.7 Å². The molecule has 3 rings (SSSR count). The van der Waals surface area contributed by atoms with Crippen LogP contribution in [0.2, 0.25) is 0 Å². The summed E-state index contributed by atoms with van der Waals surface area (Å²) in [6.45, 7) is 6.91. The molecule has 1 aliphatic rings. The third-order valence-electron chi connectivity index (χ3n) is 4.95. The molecule has 0 aliphatic carbocycles. The maximum Gasteiger partial charge on any atom is 0.226 e. The second-order valence-corrected chi connectivity index (χ2v) is 6.93. The minimum atomic E-state index is 0.179. The Bertz CT molecular complexity index is 703. The monoisotopic (exact) mass is 367 g/mol. The molecule has 0 radical (unpaired) electrons. The SMILES string of the molecule is CCc1ccc(CN2CCCN(C(=O)CCOc3ccccc3)CC2)nc1. The number of benzene rings is 1. The summed E-state index contributed by atoms with van der Waals surface area (Å²) in [5, 5.41) is 0. The summed E-state index contributed by atoms with van der Waals surface area (Å²) in [4.78, 5) is 21.4. The first kappa shape index (κ1) is 19.4. The predicted octanol–water partition coefficient (Wildman–Crippen LogP) is 3.15. The lowest BCUT2D eigenvalue weighted by Crippen LogP contribution is -2.35. The van der Waals surface area contributed by atoms with Crippen molar-refractivity contribution in [3.8, 4) is 5.75 Å². The molecule has 0 unspecified atom stereocenters. The van der Waals surface area contributed by atoms with E-state index in [0.29, 0.717) is 13.0 Å². The summed E-state index contributed by atoms with van der Waals surface area (Å²) in [5.74, 6) is 0.993. The highest BCUT2D eigenvalue weighted by Gasteiger charge is 2.19. The van der Waals surface area contributed by atoms with Crippen LogP contribution in [0.1, 0.15) is 31.0 Å². The number of nitrogens with zero attached hydrogens (tertiary/aromatic N) is 3. The first-order chi connectivity index (χ1) is 13.2. The van der Waals surface area contributed by atoms with E-state index in [4.69, 9.17) is 4.74 Å². The molecule has 0 spiro atoms. The predicted molar refractivity (Wildman–Crippen MR) is 107 cm³/mol. The van der Waals surface area contributed by atoms with Crippen LogP contribution in [-0.4, -0.2) is 53.5 Å². The van der Waals surface area contributed by atoms with E-state index in [0.717, 1.165) is 57.0 Å². The van der Waals surface area contributed by atoms with Crippen LogP contribution in [0.5, 0.6) is 5.75 Å². The van der Waals surface area contributed by atoms with Gasteiger partial charge in [-0.3, -0.25) is 14.7 Å². The number of hydrogen-bond donors (Lipinski definition) is 0. The average Bonchev–Trinajstić information content (AvgIpc) is 2.95. The van der Waals surface area contributed by atoms with Gasteiger partial charge in [0.1, 0.15) is 5.75 Å². The maximum absolute atomic E-state index is 12.5. The van der Waals surface area contributed by atoms with Crippen molar-refractivity contribution < 1.29 is 9.53 Å². The zero-order chi connectivity index (χ0) is 18.9. The fourth-order valence-electron chi connectivity index (χ4n) is 3.30. The molecule has 2 aromatic rings. The van der Waals surface area contributed by atoms with Crippen molar-refractivity contribution in [2.45, 2.75) is 32.7 Å². The number of pyridine rings is 1. The van der Waals surface area contributed by atoms with Gasteiger partial charge < -0.3 is 9.64 Å². The van der Waals surface area contributed by atoms with Gasteiger partial charge in [-0.15, -0.1) is 0 Å². The summed E-state index contributed by atoms with van der Waals surface area (Å²) < 4.78 is 5.65. The van der Waals surface area contributed by atoms with Gasteiger partial charge in [0.2, 0.25) is 5.91 Å². The zero-order valence-corrected chi connectivity index (χ0v) is 16.1. The largest absolute Gasteiger partial charge is 0.493 e. The van der Waals surface area contributed by atoms with Crippen molar-refractivity contribution in [2.75, 3.05) is 32.8 Å². The van der Waals surface area contributed by atoms with Crippen LogP contribution >= 0.6 is 0 Å². The first-order valence-electron chi connectivity index (χ1n) is 9.86. The number of aryl methyl sites for hydroxylation is 1. The van der Waals surface area contributed by atoms with Crippen molar-refractivity contribution in [3.63, 3.8) is 0 Å². The van der Waals surface area contributed by atoms with Gasteiger partial charge in [-0.2, -0.15) is 0 Å². The second-order valence-electron chi connectivity index (χ2n) is 6.93. The summed E-state index contributed by atoms with van der Waals surface area (Å²) >= 11 is 0. The molecule has 1 fully saturated rings. The van der Waals surface area contributed by atoms with Crippen molar-refractivity contribution in [1.29, 1.82) is 0 Å². The Kier molecular flexibility index (Phi) is 7.22. The van der Waals surface area contributed by atoms with Crippen molar-refractivity contribution >= 4 is 5.91 Å². The first-order valence-corrected chi connectivity index (χ1v) is 9.86. The van der Waals surface area contributed by atoms with Crippen LogP contribution in [0.25, 0.3) is 0 Å².